The van der Waals surface area contributed by atoms with Crippen LogP contribution in [-0.4, -0.2) is 80.6 Å². The van der Waals surface area contributed by atoms with Crippen molar-refractivity contribution >= 4 is 17.9 Å². The molecule has 2 unspecified atom stereocenters. The predicted molar refractivity (Wildman–Crippen MR) is 123 cm³/mol. The molecular formula is C24H46NO7+. The van der Waals surface area contributed by atoms with Gasteiger partial charge >= 0.3 is 17.9 Å². The third-order valence-corrected chi connectivity index (χ3v) is 4.79. The molecule has 8 nitrogen and oxygen atoms in total. The number of aliphatic hydroxyl groups excluding tert-OH is 1. The summed E-state index contributed by atoms with van der Waals surface area (Å²) in [5.41, 5.74) is 0. The van der Waals surface area contributed by atoms with E-state index in [9.17, 15) is 19.5 Å². The fraction of sp³-hybridized carbons (Fsp3) is 0.875. The van der Waals surface area contributed by atoms with Crippen LogP contribution in [0.2, 0.25) is 0 Å². The summed E-state index contributed by atoms with van der Waals surface area (Å²) >= 11 is 0. The number of nitrogens with zero attached hydrogens (tertiary/aromatic N) is 1. The van der Waals surface area contributed by atoms with Gasteiger partial charge in [0, 0.05) is 12.8 Å². The zero-order chi connectivity index (χ0) is 24.4. The third-order valence-electron chi connectivity index (χ3n) is 4.79. The van der Waals surface area contributed by atoms with Crippen LogP contribution in [0.15, 0.2) is 0 Å². The van der Waals surface area contributed by atoms with Crippen LogP contribution in [0, 0.1) is 0 Å². The van der Waals surface area contributed by atoms with Crippen LogP contribution in [0.25, 0.3) is 0 Å². The van der Waals surface area contributed by atoms with Crippen molar-refractivity contribution in [1.29, 1.82) is 0 Å². The molecule has 0 spiro atoms. The lowest BCUT2D eigenvalue weighted by Crippen LogP contribution is -2.42. The number of carbonyl (C=O) groups is 3. The molecule has 0 rings (SSSR count). The zero-order valence-electron chi connectivity index (χ0n) is 20.9. The zero-order valence-corrected chi connectivity index (χ0v) is 20.9. The number of aliphatic hydroxyl groups is 1. The van der Waals surface area contributed by atoms with Crippen molar-refractivity contribution in [3.8, 4) is 0 Å². The number of likely N-dealkylation sites (N-methyl/N-ethyl adjacent to an activating group) is 1. The lowest BCUT2D eigenvalue weighted by Gasteiger charge is -2.26. The molecule has 1 N–H and O–H groups in total. The Morgan fingerprint density at radius 3 is 1.75 bits per heavy atom. The number of rotatable bonds is 19. The number of ether oxygens (including phenoxy) is 3. The molecule has 2 atom stereocenters. The van der Waals surface area contributed by atoms with E-state index in [2.05, 4.69) is 13.8 Å². The molecule has 0 aliphatic rings. The molecule has 0 heterocycles. The second kappa shape index (κ2) is 17.8. The summed E-state index contributed by atoms with van der Waals surface area (Å²) in [6.45, 7) is 4.24. The second-order valence-electron chi connectivity index (χ2n) is 9.43. The van der Waals surface area contributed by atoms with E-state index in [4.69, 9.17) is 14.2 Å². The predicted octanol–water partition coefficient (Wildman–Crippen LogP) is 3.38. The smallest absolute Gasteiger partial charge is 0.308 e. The van der Waals surface area contributed by atoms with E-state index in [1.165, 1.54) is 0 Å². The van der Waals surface area contributed by atoms with Gasteiger partial charge < -0.3 is 23.8 Å². The van der Waals surface area contributed by atoms with Gasteiger partial charge in [0.2, 0.25) is 0 Å². The fourth-order valence-electron chi connectivity index (χ4n) is 3.15. The van der Waals surface area contributed by atoms with E-state index in [1.807, 2.05) is 21.1 Å². The molecule has 0 aromatic rings. The van der Waals surface area contributed by atoms with Gasteiger partial charge in [-0.25, -0.2) is 0 Å². The Hall–Kier alpha value is -1.67. The Kier molecular flexibility index (Phi) is 16.9. The van der Waals surface area contributed by atoms with Crippen molar-refractivity contribution < 1.29 is 38.2 Å². The summed E-state index contributed by atoms with van der Waals surface area (Å²) in [6, 6.07) is 0. The van der Waals surface area contributed by atoms with Crippen molar-refractivity contribution in [3.63, 3.8) is 0 Å². The van der Waals surface area contributed by atoms with Gasteiger partial charge in [0.05, 0.1) is 27.6 Å². The highest BCUT2D eigenvalue weighted by atomic mass is 16.6. The quantitative estimate of drug-likeness (QED) is 0.136. The van der Waals surface area contributed by atoms with Crippen molar-refractivity contribution in [2.24, 2.45) is 0 Å². The highest BCUT2D eigenvalue weighted by molar-refractivity contribution is 5.71. The maximum Gasteiger partial charge on any atom is 0.308 e. The van der Waals surface area contributed by atoms with Crippen LogP contribution in [0.4, 0.5) is 0 Å². The van der Waals surface area contributed by atoms with Gasteiger partial charge in [0.1, 0.15) is 25.9 Å². The first-order valence-electron chi connectivity index (χ1n) is 12.1. The summed E-state index contributed by atoms with van der Waals surface area (Å²) in [6.07, 6.45) is 6.44. The molecule has 32 heavy (non-hydrogen) atoms. The average Bonchev–Trinajstić information content (AvgIpc) is 2.69. The maximum absolute atomic E-state index is 12.1. The minimum atomic E-state index is -0.854. The largest absolute Gasteiger partial charge is 0.462 e. The summed E-state index contributed by atoms with van der Waals surface area (Å²) in [5, 5.41) is 10.0. The van der Waals surface area contributed by atoms with Crippen molar-refractivity contribution in [2.45, 2.75) is 96.7 Å². The molecule has 0 aliphatic carbocycles. The van der Waals surface area contributed by atoms with Crippen LogP contribution < -0.4 is 0 Å². The lowest BCUT2D eigenvalue weighted by atomic mass is 10.1. The second-order valence-corrected chi connectivity index (χ2v) is 9.43. The van der Waals surface area contributed by atoms with Crippen LogP contribution in [0.3, 0.4) is 0 Å². The Balaban J connectivity index is 4.58. The van der Waals surface area contributed by atoms with E-state index in [-0.39, 0.29) is 32.0 Å². The summed E-state index contributed by atoms with van der Waals surface area (Å²) in [4.78, 5) is 36.2. The first kappa shape index (κ1) is 30.3. The minimum absolute atomic E-state index is 0.148. The minimum Gasteiger partial charge on any atom is -0.462 e. The van der Waals surface area contributed by atoms with Crippen molar-refractivity contribution in [2.75, 3.05) is 40.9 Å². The van der Waals surface area contributed by atoms with Gasteiger partial charge in [0.25, 0.3) is 0 Å². The van der Waals surface area contributed by atoms with Gasteiger partial charge in [-0.2, -0.15) is 0 Å². The maximum atomic E-state index is 12.1. The molecular weight excluding hydrogens is 414 g/mol. The lowest BCUT2D eigenvalue weighted by molar-refractivity contribution is -0.873. The molecule has 0 bridgehead atoms. The Morgan fingerprint density at radius 1 is 0.750 bits per heavy atom. The molecule has 0 radical (unpaired) electrons. The van der Waals surface area contributed by atoms with Crippen LogP contribution in [0.5, 0.6) is 0 Å². The fourth-order valence-corrected chi connectivity index (χ4v) is 3.15. The topological polar surface area (TPSA) is 99.1 Å². The number of hydrogen-bond donors (Lipinski definition) is 1. The van der Waals surface area contributed by atoms with Crippen molar-refractivity contribution in [1.82, 2.24) is 0 Å². The Labute approximate surface area is 194 Å². The standard InChI is InChI=1S/C24H46NO7/c1-6-8-10-12-14-22(27)30-18-21(32-23(28)15-13-11-9-7-2)19-31-24(29)16-20(26)17-25(3,4)5/h20-21,26H,6-19H2,1-5H3/q+1. The first-order valence-corrected chi connectivity index (χ1v) is 12.1. The van der Waals surface area contributed by atoms with Gasteiger partial charge in [-0.05, 0) is 12.8 Å². The third kappa shape index (κ3) is 19.0. The monoisotopic (exact) mass is 460 g/mol. The summed E-state index contributed by atoms with van der Waals surface area (Å²) < 4.78 is 16.4. The number of quaternary nitrogens is 1. The number of carbonyl (C=O) groups excluding carboxylic acids is 3. The molecule has 0 aromatic carbocycles. The SMILES string of the molecule is CCCCCCC(=O)OCC(COC(=O)CC(O)C[N+](C)(C)C)OC(=O)CCCCCC. The number of esters is 3. The molecule has 0 aromatic heterocycles. The summed E-state index contributed by atoms with van der Waals surface area (Å²) in [5.74, 6) is -1.33. The van der Waals surface area contributed by atoms with Gasteiger partial charge in [-0.1, -0.05) is 52.4 Å². The number of hydrogen-bond acceptors (Lipinski definition) is 7. The molecule has 0 aliphatic heterocycles. The van der Waals surface area contributed by atoms with E-state index in [0.29, 0.717) is 17.4 Å². The van der Waals surface area contributed by atoms with E-state index in [1.54, 1.807) is 0 Å². The summed E-state index contributed by atoms with van der Waals surface area (Å²) in [7, 11) is 5.75. The molecule has 0 saturated heterocycles. The van der Waals surface area contributed by atoms with Crippen LogP contribution in [-0.2, 0) is 28.6 Å². The Morgan fingerprint density at radius 2 is 1.25 bits per heavy atom. The first-order chi connectivity index (χ1) is 15.1. The molecule has 8 heteroatoms. The number of unbranched alkanes of at least 4 members (excludes halogenated alkanes) is 6. The van der Waals surface area contributed by atoms with Crippen LogP contribution in [0.1, 0.15) is 84.5 Å². The highest BCUT2D eigenvalue weighted by Crippen LogP contribution is 2.09. The van der Waals surface area contributed by atoms with Gasteiger partial charge in [-0.15, -0.1) is 0 Å². The molecule has 0 saturated carbocycles. The van der Waals surface area contributed by atoms with E-state index in [0.717, 1.165) is 51.4 Å². The molecule has 0 fully saturated rings. The Bertz CT molecular complexity index is 531. The van der Waals surface area contributed by atoms with E-state index < -0.39 is 24.1 Å². The highest BCUT2D eigenvalue weighted by Gasteiger charge is 2.22. The van der Waals surface area contributed by atoms with Gasteiger partial charge in [-0.3, -0.25) is 14.4 Å². The van der Waals surface area contributed by atoms with E-state index >= 15 is 0 Å². The van der Waals surface area contributed by atoms with Crippen molar-refractivity contribution in [3.05, 3.63) is 0 Å². The molecule has 0 amide bonds. The van der Waals surface area contributed by atoms with Gasteiger partial charge in [0.15, 0.2) is 6.10 Å². The average molecular weight is 461 g/mol. The molecule has 188 valence electrons. The normalized spacial score (nSPS) is 13.3. The van der Waals surface area contributed by atoms with Crippen LogP contribution >= 0.6 is 0 Å².